The Bertz CT molecular complexity index is 513. The number of aromatic nitrogens is 3. The molecule has 2 aliphatic rings. The van der Waals surface area contributed by atoms with E-state index in [-0.39, 0.29) is 11.9 Å². The van der Waals surface area contributed by atoms with Crippen LogP contribution >= 0.6 is 0 Å². The number of aromatic amines is 1. The van der Waals surface area contributed by atoms with Gasteiger partial charge in [0.2, 0.25) is 17.7 Å². The predicted molar refractivity (Wildman–Crippen MR) is 63.6 cm³/mol. The molecular formula is C12H15F3N4O. The van der Waals surface area contributed by atoms with E-state index in [1.807, 2.05) is 0 Å². The van der Waals surface area contributed by atoms with Crippen molar-refractivity contribution in [2.45, 2.75) is 38.3 Å². The summed E-state index contributed by atoms with van der Waals surface area (Å²) in [7, 11) is 0. The molecule has 2 aliphatic carbocycles. The van der Waals surface area contributed by atoms with Gasteiger partial charge in [-0.3, -0.25) is 15.2 Å². The maximum Gasteiger partial charge on any atom is 0.451 e. The summed E-state index contributed by atoms with van der Waals surface area (Å²) >= 11 is 0. The summed E-state index contributed by atoms with van der Waals surface area (Å²) < 4.78 is 37.0. The molecule has 3 unspecified atom stereocenters. The zero-order valence-electron chi connectivity index (χ0n) is 10.7. The van der Waals surface area contributed by atoms with Crippen LogP contribution in [0.5, 0.6) is 0 Å². The van der Waals surface area contributed by atoms with Crippen LogP contribution in [-0.2, 0) is 11.0 Å². The first-order chi connectivity index (χ1) is 9.41. The van der Waals surface area contributed by atoms with Crippen LogP contribution in [0.2, 0.25) is 0 Å². The van der Waals surface area contributed by atoms with Crippen molar-refractivity contribution in [3.8, 4) is 0 Å². The zero-order valence-corrected chi connectivity index (χ0v) is 10.7. The second kappa shape index (κ2) is 4.75. The number of amides is 1. The van der Waals surface area contributed by atoms with Gasteiger partial charge in [0.15, 0.2) is 0 Å². The Kier molecular flexibility index (Phi) is 3.18. The summed E-state index contributed by atoms with van der Waals surface area (Å²) in [6.45, 7) is 0. The van der Waals surface area contributed by atoms with Crippen LogP contribution < -0.4 is 5.32 Å². The summed E-state index contributed by atoms with van der Waals surface area (Å²) in [5, 5.41) is 7.46. The molecule has 0 saturated heterocycles. The summed E-state index contributed by atoms with van der Waals surface area (Å²) in [5.41, 5.74) is 0. The number of alkyl halides is 3. The standard InChI is InChI=1S/C12H15F3N4O/c13-12(14,15)10-17-11(19-18-10)16-9(20)5-8-4-6-1-2-7(8)3-6/h6-8H,1-5H2,(H2,16,17,18,19,20). The fourth-order valence-electron chi connectivity index (χ4n) is 3.48. The number of carbonyl (C=O) groups excluding carboxylic acids is 1. The second-order valence-corrected chi connectivity index (χ2v) is 5.69. The molecular weight excluding hydrogens is 273 g/mol. The van der Waals surface area contributed by atoms with Crippen LogP contribution in [-0.4, -0.2) is 21.1 Å². The van der Waals surface area contributed by atoms with Crippen molar-refractivity contribution in [1.29, 1.82) is 0 Å². The van der Waals surface area contributed by atoms with Crippen LogP contribution in [0.4, 0.5) is 19.1 Å². The smallest absolute Gasteiger partial charge is 0.293 e. The molecule has 0 spiro atoms. The maximum absolute atomic E-state index is 12.3. The van der Waals surface area contributed by atoms with E-state index in [1.165, 1.54) is 19.3 Å². The minimum Gasteiger partial charge on any atom is -0.293 e. The molecule has 20 heavy (non-hydrogen) atoms. The van der Waals surface area contributed by atoms with E-state index in [2.05, 4.69) is 15.4 Å². The van der Waals surface area contributed by atoms with Gasteiger partial charge in [-0.05, 0) is 37.0 Å². The third-order valence-corrected chi connectivity index (χ3v) is 4.34. The number of fused-ring (bicyclic) bond motifs is 2. The van der Waals surface area contributed by atoms with Crippen molar-refractivity contribution < 1.29 is 18.0 Å². The number of halogens is 3. The van der Waals surface area contributed by atoms with Gasteiger partial charge in [-0.25, -0.2) is 0 Å². The van der Waals surface area contributed by atoms with Crippen molar-refractivity contribution >= 4 is 11.9 Å². The SMILES string of the molecule is O=C(CC1CC2CCC1C2)Nc1n[nH]c(C(F)(F)F)n1. The van der Waals surface area contributed by atoms with Crippen molar-refractivity contribution in [3.05, 3.63) is 5.82 Å². The minimum atomic E-state index is -4.58. The van der Waals surface area contributed by atoms with Gasteiger partial charge in [-0.1, -0.05) is 6.42 Å². The molecule has 2 saturated carbocycles. The van der Waals surface area contributed by atoms with Gasteiger partial charge in [-0.15, -0.1) is 5.10 Å². The highest BCUT2D eigenvalue weighted by Gasteiger charge is 2.40. The molecule has 2 N–H and O–H groups in total. The fourth-order valence-corrected chi connectivity index (χ4v) is 3.48. The summed E-state index contributed by atoms with van der Waals surface area (Å²) in [6, 6.07) is 0. The molecule has 0 aromatic carbocycles. The fraction of sp³-hybridized carbons (Fsp3) is 0.750. The zero-order chi connectivity index (χ0) is 14.3. The number of anilines is 1. The van der Waals surface area contributed by atoms with E-state index in [0.717, 1.165) is 12.3 Å². The topological polar surface area (TPSA) is 70.7 Å². The lowest BCUT2D eigenvalue weighted by Crippen LogP contribution is -2.20. The van der Waals surface area contributed by atoms with E-state index in [4.69, 9.17) is 0 Å². The monoisotopic (exact) mass is 288 g/mol. The molecule has 5 nitrogen and oxygen atoms in total. The third kappa shape index (κ3) is 2.64. The largest absolute Gasteiger partial charge is 0.451 e. The van der Waals surface area contributed by atoms with Crippen molar-refractivity contribution in [2.75, 3.05) is 5.32 Å². The lowest BCUT2D eigenvalue weighted by molar-refractivity contribution is -0.144. The number of nitrogens with zero attached hydrogens (tertiary/aromatic N) is 2. The number of hydrogen-bond acceptors (Lipinski definition) is 3. The molecule has 3 rings (SSSR count). The minimum absolute atomic E-state index is 0.310. The molecule has 0 aliphatic heterocycles. The Morgan fingerprint density at radius 3 is 2.70 bits per heavy atom. The Hall–Kier alpha value is -1.60. The average molecular weight is 288 g/mol. The maximum atomic E-state index is 12.3. The van der Waals surface area contributed by atoms with Crippen molar-refractivity contribution in [3.63, 3.8) is 0 Å². The lowest BCUT2D eigenvalue weighted by Gasteiger charge is -2.20. The van der Waals surface area contributed by atoms with Gasteiger partial charge in [0.1, 0.15) is 0 Å². The Labute approximate surface area is 113 Å². The Morgan fingerprint density at radius 2 is 2.15 bits per heavy atom. The van der Waals surface area contributed by atoms with E-state index in [0.29, 0.717) is 18.3 Å². The van der Waals surface area contributed by atoms with Crippen LogP contribution in [0.15, 0.2) is 0 Å². The third-order valence-electron chi connectivity index (χ3n) is 4.34. The molecule has 1 amide bonds. The van der Waals surface area contributed by atoms with Gasteiger partial charge >= 0.3 is 6.18 Å². The van der Waals surface area contributed by atoms with Crippen LogP contribution in [0.25, 0.3) is 0 Å². The molecule has 0 radical (unpaired) electrons. The molecule has 3 atom stereocenters. The summed E-state index contributed by atoms with van der Waals surface area (Å²) in [6.07, 6.45) is 0.425. The number of rotatable bonds is 3. The average Bonchev–Trinajstić information content (AvgIpc) is 3.02. The molecule has 8 heteroatoms. The van der Waals surface area contributed by atoms with Gasteiger partial charge in [0.25, 0.3) is 0 Å². The molecule has 1 aromatic rings. The van der Waals surface area contributed by atoms with Gasteiger partial charge in [0, 0.05) is 6.42 Å². The van der Waals surface area contributed by atoms with E-state index in [1.54, 1.807) is 5.10 Å². The molecule has 110 valence electrons. The van der Waals surface area contributed by atoms with Crippen LogP contribution in [0, 0.1) is 17.8 Å². The summed E-state index contributed by atoms with van der Waals surface area (Å²) in [5.74, 6) is -0.134. The number of hydrogen-bond donors (Lipinski definition) is 2. The quantitative estimate of drug-likeness (QED) is 0.898. The van der Waals surface area contributed by atoms with Gasteiger partial charge < -0.3 is 0 Å². The highest BCUT2D eigenvalue weighted by molar-refractivity contribution is 5.89. The van der Waals surface area contributed by atoms with Crippen molar-refractivity contribution in [1.82, 2.24) is 15.2 Å². The molecule has 2 fully saturated rings. The van der Waals surface area contributed by atoms with Crippen LogP contribution in [0.3, 0.4) is 0 Å². The van der Waals surface area contributed by atoms with Crippen molar-refractivity contribution in [2.24, 2.45) is 17.8 Å². The molecule has 1 heterocycles. The number of carbonyl (C=O) groups is 1. The van der Waals surface area contributed by atoms with E-state index in [9.17, 15) is 18.0 Å². The number of nitrogens with one attached hydrogen (secondary N) is 2. The highest BCUT2D eigenvalue weighted by Crippen LogP contribution is 2.49. The van der Waals surface area contributed by atoms with Gasteiger partial charge in [-0.2, -0.15) is 18.2 Å². The normalized spacial score (nSPS) is 28.9. The Morgan fingerprint density at radius 1 is 1.35 bits per heavy atom. The first kappa shape index (κ1) is 13.4. The predicted octanol–water partition coefficient (Wildman–Crippen LogP) is 2.59. The first-order valence-corrected chi connectivity index (χ1v) is 6.71. The summed E-state index contributed by atoms with van der Waals surface area (Å²) in [4.78, 5) is 15.0. The Balaban J connectivity index is 1.55. The number of H-pyrrole nitrogens is 1. The lowest BCUT2D eigenvalue weighted by atomic mass is 9.86. The second-order valence-electron chi connectivity index (χ2n) is 5.69. The molecule has 2 bridgehead atoms. The molecule has 1 aromatic heterocycles. The van der Waals surface area contributed by atoms with E-state index < -0.39 is 12.0 Å². The first-order valence-electron chi connectivity index (χ1n) is 6.71. The highest BCUT2D eigenvalue weighted by atomic mass is 19.4. The van der Waals surface area contributed by atoms with Gasteiger partial charge in [0.05, 0.1) is 0 Å². The van der Waals surface area contributed by atoms with E-state index >= 15 is 0 Å². The van der Waals surface area contributed by atoms with Crippen LogP contribution in [0.1, 0.15) is 37.9 Å².